The van der Waals surface area contributed by atoms with Crippen LogP contribution >= 0.6 is 24.8 Å². The van der Waals surface area contributed by atoms with Gasteiger partial charge in [-0.05, 0) is 17.7 Å². The van der Waals surface area contributed by atoms with Crippen molar-refractivity contribution >= 4 is 30.8 Å². The van der Waals surface area contributed by atoms with Crippen molar-refractivity contribution in [2.75, 3.05) is 26.2 Å². The molecule has 0 amide bonds. The zero-order chi connectivity index (χ0) is 15.4. The minimum atomic E-state index is -2.57. The number of carbonyl (C=O) groups excluding carboxylic acids is 1. The third kappa shape index (κ3) is 5.76. The maximum atomic E-state index is 13.4. The molecule has 1 saturated heterocycles. The van der Waals surface area contributed by atoms with Gasteiger partial charge in [0.2, 0.25) is 0 Å². The number of halogens is 4. The predicted octanol–water partition coefficient (Wildman–Crippen LogP) is 2.37. The Kier molecular flexibility index (Phi) is 9.38. The minimum absolute atomic E-state index is 0. The van der Waals surface area contributed by atoms with Crippen molar-refractivity contribution in [1.82, 2.24) is 10.2 Å². The first kappa shape index (κ1) is 21.9. The van der Waals surface area contributed by atoms with E-state index in [9.17, 15) is 18.7 Å². The summed E-state index contributed by atoms with van der Waals surface area (Å²) in [5.74, 6) is -0.923. The van der Waals surface area contributed by atoms with Crippen LogP contribution in [0.5, 0.6) is 11.5 Å². The largest absolute Gasteiger partial charge is 0.504 e. The van der Waals surface area contributed by atoms with Crippen LogP contribution in [0.2, 0.25) is 0 Å². The van der Waals surface area contributed by atoms with E-state index in [1.165, 1.54) is 25.1 Å². The molecule has 2 rings (SSSR count). The summed E-state index contributed by atoms with van der Waals surface area (Å²) in [4.78, 5) is 12.6. The molecule has 0 radical (unpaired) electrons. The van der Waals surface area contributed by atoms with Crippen molar-refractivity contribution in [2.45, 2.75) is 19.4 Å². The SMILES string of the molecule is CC(=O)Oc1ccc([C@H](C(F)F)N2CCNCC2)cc1O.Cl.Cl. The number of ether oxygens (including phenoxy) is 1. The number of carbonyl (C=O) groups is 1. The van der Waals surface area contributed by atoms with E-state index in [1.807, 2.05) is 0 Å². The summed E-state index contributed by atoms with van der Waals surface area (Å²) in [7, 11) is 0. The number of hydrogen-bond acceptors (Lipinski definition) is 5. The number of esters is 1. The first-order valence-electron chi connectivity index (χ1n) is 6.73. The van der Waals surface area contributed by atoms with Crippen LogP contribution in [0.3, 0.4) is 0 Å². The summed E-state index contributed by atoms with van der Waals surface area (Å²) in [5.41, 5.74) is 0.306. The van der Waals surface area contributed by atoms with Crippen molar-refractivity contribution in [3.05, 3.63) is 23.8 Å². The molecule has 1 aliphatic rings. The van der Waals surface area contributed by atoms with Crippen LogP contribution in [0.25, 0.3) is 0 Å². The lowest BCUT2D eigenvalue weighted by Gasteiger charge is -2.34. The number of phenols is 1. The van der Waals surface area contributed by atoms with Gasteiger partial charge in [0, 0.05) is 33.1 Å². The number of hydrogen-bond donors (Lipinski definition) is 2. The van der Waals surface area contributed by atoms with E-state index in [1.54, 1.807) is 4.90 Å². The molecule has 1 fully saturated rings. The standard InChI is InChI=1S/C14H18F2N2O3.2ClH/c1-9(19)21-12-3-2-10(8-11(12)20)13(14(15)16)18-6-4-17-5-7-18;;/h2-3,8,13-14,17,20H,4-7H2,1H3;2*1H/t13-;;/m1../s1. The Balaban J connectivity index is 0.00000242. The maximum absolute atomic E-state index is 13.4. The van der Waals surface area contributed by atoms with Crippen molar-refractivity contribution < 1.29 is 23.4 Å². The predicted molar refractivity (Wildman–Crippen MR) is 87.1 cm³/mol. The van der Waals surface area contributed by atoms with E-state index >= 15 is 0 Å². The molecule has 0 unspecified atom stereocenters. The molecule has 132 valence electrons. The van der Waals surface area contributed by atoms with Gasteiger partial charge in [0.15, 0.2) is 11.5 Å². The highest BCUT2D eigenvalue weighted by atomic mass is 35.5. The van der Waals surface area contributed by atoms with Crippen molar-refractivity contribution in [1.29, 1.82) is 0 Å². The van der Waals surface area contributed by atoms with Crippen LogP contribution in [-0.2, 0) is 4.79 Å². The molecular formula is C14H20Cl2F2N2O3. The van der Waals surface area contributed by atoms with Crippen molar-refractivity contribution in [3.8, 4) is 11.5 Å². The molecular weight excluding hydrogens is 353 g/mol. The molecule has 2 N–H and O–H groups in total. The van der Waals surface area contributed by atoms with Crippen LogP contribution in [0.15, 0.2) is 18.2 Å². The first-order valence-corrected chi connectivity index (χ1v) is 6.73. The van der Waals surface area contributed by atoms with Crippen LogP contribution < -0.4 is 10.1 Å². The van der Waals surface area contributed by atoms with Crippen LogP contribution in [0.4, 0.5) is 8.78 Å². The van der Waals surface area contributed by atoms with E-state index in [0.717, 1.165) is 0 Å². The fraction of sp³-hybridized carbons (Fsp3) is 0.500. The van der Waals surface area contributed by atoms with Crippen LogP contribution in [0, 0.1) is 0 Å². The van der Waals surface area contributed by atoms with Gasteiger partial charge in [-0.15, -0.1) is 24.8 Å². The number of phenolic OH excluding ortho intramolecular Hbond substituents is 1. The van der Waals surface area contributed by atoms with Gasteiger partial charge in [0.25, 0.3) is 6.43 Å². The molecule has 0 saturated carbocycles. The maximum Gasteiger partial charge on any atom is 0.308 e. The molecule has 1 atom stereocenters. The fourth-order valence-electron chi connectivity index (χ4n) is 2.44. The van der Waals surface area contributed by atoms with Crippen molar-refractivity contribution in [2.24, 2.45) is 0 Å². The van der Waals surface area contributed by atoms with Gasteiger partial charge < -0.3 is 15.2 Å². The van der Waals surface area contributed by atoms with Gasteiger partial charge in [-0.1, -0.05) is 6.07 Å². The summed E-state index contributed by atoms with van der Waals surface area (Å²) in [5, 5.41) is 12.9. The third-order valence-corrected chi connectivity index (χ3v) is 3.36. The molecule has 1 aromatic carbocycles. The van der Waals surface area contributed by atoms with Gasteiger partial charge in [-0.25, -0.2) is 8.78 Å². The number of piperazine rings is 1. The van der Waals surface area contributed by atoms with Gasteiger partial charge in [-0.3, -0.25) is 9.69 Å². The molecule has 1 heterocycles. The van der Waals surface area contributed by atoms with Crippen molar-refractivity contribution in [3.63, 3.8) is 0 Å². The number of nitrogens with zero attached hydrogens (tertiary/aromatic N) is 1. The zero-order valence-corrected chi connectivity index (χ0v) is 14.1. The molecule has 23 heavy (non-hydrogen) atoms. The molecule has 1 aliphatic heterocycles. The highest BCUT2D eigenvalue weighted by molar-refractivity contribution is 5.85. The number of aromatic hydroxyl groups is 1. The summed E-state index contributed by atoms with van der Waals surface area (Å²) < 4.78 is 31.6. The second-order valence-corrected chi connectivity index (χ2v) is 4.89. The first-order chi connectivity index (χ1) is 9.99. The Labute approximate surface area is 145 Å². The third-order valence-electron chi connectivity index (χ3n) is 3.36. The lowest BCUT2D eigenvalue weighted by atomic mass is 10.0. The number of alkyl halides is 2. The molecule has 0 bridgehead atoms. The Morgan fingerprint density at radius 3 is 2.39 bits per heavy atom. The van der Waals surface area contributed by atoms with Gasteiger partial charge >= 0.3 is 5.97 Å². The number of nitrogens with one attached hydrogen (secondary N) is 1. The van der Waals surface area contributed by atoms with Crippen LogP contribution in [0.1, 0.15) is 18.5 Å². The molecule has 0 aliphatic carbocycles. The van der Waals surface area contributed by atoms with E-state index in [0.29, 0.717) is 31.7 Å². The Bertz CT molecular complexity index is 515. The second-order valence-electron chi connectivity index (χ2n) is 4.89. The summed E-state index contributed by atoms with van der Waals surface area (Å²) in [6.07, 6.45) is -2.57. The number of rotatable bonds is 4. The lowest BCUT2D eigenvalue weighted by Crippen LogP contribution is -2.46. The number of benzene rings is 1. The van der Waals surface area contributed by atoms with E-state index < -0.39 is 18.4 Å². The molecule has 0 spiro atoms. The van der Waals surface area contributed by atoms with Gasteiger partial charge in [0.1, 0.15) is 0 Å². The Hall–Kier alpha value is -1.15. The van der Waals surface area contributed by atoms with E-state index in [2.05, 4.69) is 5.32 Å². The zero-order valence-electron chi connectivity index (χ0n) is 12.5. The summed E-state index contributed by atoms with van der Waals surface area (Å²) >= 11 is 0. The van der Waals surface area contributed by atoms with E-state index in [4.69, 9.17) is 4.74 Å². The van der Waals surface area contributed by atoms with Gasteiger partial charge in [0.05, 0.1) is 6.04 Å². The molecule has 1 aromatic rings. The lowest BCUT2D eigenvalue weighted by molar-refractivity contribution is -0.132. The van der Waals surface area contributed by atoms with Gasteiger partial charge in [-0.2, -0.15) is 0 Å². The Morgan fingerprint density at radius 2 is 1.91 bits per heavy atom. The Morgan fingerprint density at radius 1 is 1.30 bits per heavy atom. The highest BCUT2D eigenvalue weighted by Crippen LogP contribution is 2.34. The van der Waals surface area contributed by atoms with E-state index in [-0.39, 0.29) is 36.3 Å². The second kappa shape index (κ2) is 9.87. The summed E-state index contributed by atoms with van der Waals surface area (Å²) in [6.45, 7) is 3.54. The average molecular weight is 373 g/mol. The topological polar surface area (TPSA) is 61.8 Å². The monoisotopic (exact) mass is 372 g/mol. The highest BCUT2D eigenvalue weighted by Gasteiger charge is 2.30. The quantitative estimate of drug-likeness (QED) is 0.627. The molecule has 9 heteroatoms. The minimum Gasteiger partial charge on any atom is -0.504 e. The molecule has 0 aromatic heterocycles. The molecule has 5 nitrogen and oxygen atoms in total. The average Bonchev–Trinajstić information content (AvgIpc) is 2.42. The normalized spacial score (nSPS) is 16.2. The fourth-order valence-corrected chi connectivity index (χ4v) is 2.44. The summed E-state index contributed by atoms with van der Waals surface area (Å²) in [6, 6.07) is 2.95. The smallest absolute Gasteiger partial charge is 0.308 e. The van der Waals surface area contributed by atoms with Crippen LogP contribution in [-0.4, -0.2) is 48.6 Å².